The van der Waals surface area contributed by atoms with Crippen molar-refractivity contribution in [1.82, 2.24) is 9.78 Å². The Morgan fingerprint density at radius 1 is 1.53 bits per heavy atom. The number of nitrogens with one attached hydrogen (secondary N) is 1. The van der Waals surface area contributed by atoms with Crippen molar-refractivity contribution in [3.63, 3.8) is 0 Å². The number of thiophene rings is 1. The zero-order chi connectivity index (χ0) is 11.4. The number of anilines is 1. The molecule has 0 aliphatic heterocycles. The number of aromatic nitrogens is 2. The van der Waals surface area contributed by atoms with Gasteiger partial charge in [-0.1, -0.05) is 0 Å². The van der Waals surface area contributed by atoms with Gasteiger partial charge in [-0.2, -0.15) is 9.49 Å². The molecule has 2 aromatic rings. The second-order valence-corrected chi connectivity index (χ2v) is 4.36. The summed E-state index contributed by atoms with van der Waals surface area (Å²) in [6.07, 6.45) is 3.55. The first-order chi connectivity index (χ1) is 7.78. The van der Waals surface area contributed by atoms with Crippen molar-refractivity contribution in [3.8, 4) is 0 Å². The molecule has 0 radical (unpaired) electrons. The number of methoxy groups -OCH3 is 1. The fraction of sp³-hybridized carbons (Fsp3) is 0.300. The van der Waals surface area contributed by atoms with Gasteiger partial charge >= 0.3 is 0 Å². The van der Waals surface area contributed by atoms with Crippen LogP contribution in [0.1, 0.15) is 4.88 Å². The average Bonchev–Trinajstić information content (AvgIpc) is 2.85. The minimum absolute atomic E-state index is 0. The standard InChI is InChI=1S/C10H12FN3OS.ClH/c1-15-7-14-6-8(4-13-14)12-5-9-2-3-10(11)16-9;/h2-4,6,12H,5,7H2,1H3;1H. The van der Waals surface area contributed by atoms with Crippen LogP contribution in [-0.4, -0.2) is 16.9 Å². The largest absolute Gasteiger partial charge is 0.378 e. The summed E-state index contributed by atoms with van der Waals surface area (Å²) in [7, 11) is 1.61. The second-order valence-electron chi connectivity index (χ2n) is 3.25. The Balaban J connectivity index is 0.00000144. The smallest absolute Gasteiger partial charge is 0.176 e. The fourth-order valence-electron chi connectivity index (χ4n) is 1.29. The third-order valence-corrected chi connectivity index (χ3v) is 2.86. The van der Waals surface area contributed by atoms with E-state index in [9.17, 15) is 4.39 Å². The van der Waals surface area contributed by atoms with E-state index in [-0.39, 0.29) is 17.5 Å². The van der Waals surface area contributed by atoms with Crippen LogP contribution in [0.4, 0.5) is 10.1 Å². The third kappa shape index (κ3) is 3.99. The highest BCUT2D eigenvalue weighted by Crippen LogP contribution is 2.16. The van der Waals surface area contributed by atoms with E-state index in [1.54, 1.807) is 24.1 Å². The maximum Gasteiger partial charge on any atom is 0.176 e. The van der Waals surface area contributed by atoms with Gasteiger partial charge in [0.1, 0.15) is 6.73 Å². The highest BCUT2D eigenvalue weighted by atomic mass is 35.5. The third-order valence-electron chi connectivity index (χ3n) is 1.99. The lowest BCUT2D eigenvalue weighted by Gasteiger charge is -2.00. The molecule has 7 heteroatoms. The lowest BCUT2D eigenvalue weighted by molar-refractivity contribution is 0.120. The van der Waals surface area contributed by atoms with Crippen LogP contribution in [0.15, 0.2) is 24.5 Å². The first kappa shape index (κ1) is 14.0. The summed E-state index contributed by atoms with van der Waals surface area (Å²) in [5.74, 6) is 0. The van der Waals surface area contributed by atoms with E-state index in [1.807, 2.05) is 6.20 Å². The highest BCUT2D eigenvalue weighted by Gasteiger charge is 2.00. The van der Waals surface area contributed by atoms with Crippen molar-refractivity contribution in [2.24, 2.45) is 0 Å². The van der Waals surface area contributed by atoms with Crippen LogP contribution in [0.2, 0.25) is 0 Å². The number of ether oxygens (including phenoxy) is 1. The number of hydrogen-bond acceptors (Lipinski definition) is 4. The first-order valence-electron chi connectivity index (χ1n) is 4.77. The monoisotopic (exact) mass is 277 g/mol. The van der Waals surface area contributed by atoms with E-state index < -0.39 is 0 Å². The zero-order valence-corrected chi connectivity index (χ0v) is 10.9. The van der Waals surface area contributed by atoms with Crippen LogP contribution in [0.3, 0.4) is 0 Å². The van der Waals surface area contributed by atoms with Gasteiger partial charge in [-0.25, -0.2) is 4.68 Å². The number of halogens is 2. The lowest BCUT2D eigenvalue weighted by Crippen LogP contribution is -1.99. The summed E-state index contributed by atoms with van der Waals surface area (Å²) < 4.78 is 19.3. The minimum atomic E-state index is -0.160. The molecule has 4 nitrogen and oxygen atoms in total. The molecule has 1 N–H and O–H groups in total. The fourth-order valence-corrected chi connectivity index (χ4v) is 1.96. The first-order valence-corrected chi connectivity index (χ1v) is 5.59. The van der Waals surface area contributed by atoms with E-state index in [2.05, 4.69) is 10.4 Å². The van der Waals surface area contributed by atoms with Crippen molar-refractivity contribution < 1.29 is 9.13 Å². The molecule has 0 atom stereocenters. The second kappa shape index (κ2) is 6.58. The molecule has 0 aromatic carbocycles. The van der Waals surface area contributed by atoms with Gasteiger partial charge in [0.2, 0.25) is 0 Å². The molecule has 0 unspecified atom stereocenters. The molecule has 0 amide bonds. The highest BCUT2D eigenvalue weighted by molar-refractivity contribution is 7.10. The van der Waals surface area contributed by atoms with Crippen LogP contribution in [0.25, 0.3) is 0 Å². The molecule has 0 saturated heterocycles. The number of rotatable bonds is 5. The molecule has 0 spiro atoms. The van der Waals surface area contributed by atoms with Gasteiger partial charge in [-0.15, -0.1) is 23.7 Å². The van der Waals surface area contributed by atoms with Crippen LogP contribution in [0.5, 0.6) is 0 Å². The molecule has 17 heavy (non-hydrogen) atoms. The van der Waals surface area contributed by atoms with E-state index in [1.165, 1.54) is 6.07 Å². The van der Waals surface area contributed by atoms with Gasteiger partial charge in [-0.3, -0.25) is 0 Å². The van der Waals surface area contributed by atoms with Crippen LogP contribution in [0, 0.1) is 5.13 Å². The molecule has 0 saturated carbocycles. The Hall–Kier alpha value is -1.11. The van der Waals surface area contributed by atoms with E-state index >= 15 is 0 Å². The Bertz CT molecular complexity index is 460. The normalized spacial score (nSPS) is 10.0. The van der Waals surface area contributed by atoms with Gasteiger partial charge in [0.05, 0.1) is 18.1 Å². The Morgan fingerprint density at radius 3 is 3.00 bits per heavy atom. The van der Waals surface area contributed by atoms with Gasteiger partial charge in [0.25, 0.3) is 0 Å². The van der Waals surface area contributed by atoms with Gasteiger partial charge in [-0.05, 0) is 12.1 Å². The summed E-state index contributed by atoms with van der Waals surface area (Å²) in [6, 6.07) is 3.24. The van der Waals surface area contributed by atoms with Crippen molar-refractivity contribution in [3.05, 3.63) is 34.5 Å². The maximum atomic E-state index is 12.7. The van der Waals surface area contributed by atoms with Gasteiger partial charge in [0, 0.05) is 18.5 Å². The Kier molecular flexibility index (Phi) is 5.40. The predicted octanol–water partition coefficient (Wildman–Crippen LogP) is 2.72. The van der Waals surface area contributed by atoms with E-state index in [4.69, 9.17) is 4.74 Å². The average molecular weight is 278 g/mol. The minimum Gasteiger partial charge on any atom is -0.378 e. The zero-order valence-electron chi connectivity index (χ0n) is 9.22. The lowest BCUT2D eigenvalue weighted by atomic mass is 10.4. The van der Waals surface area contributed by atoms with Gasteiger partial charge < -0.3 is 10.1 Å². The van der Waals surface area contributed by atoms with Crippen molar-refractivity contribution in [1.29, 1.82) is 0 Å². The topological polar surface area (TPSA) is 39.1 Å². The molecule has 0 aliphatic carbocycles. The molecular formula is C10H13ClFN3OS. The summed E-state index contributed by atoms with van der Waals surface area (Å²) in [6.45, 7) is 1.03. The number of nitrogens with zero attached hydrogens (tertiary/aromatic N) is 2. The van der Waals surface area contributed by atoms with E-state index in [0.29, 0.717) is 13.3 Å². The maximum absolute atomic E-state index is 12.7. The molecular weight excluding hydrogens is 265 g/mol. The Morgan fingerprint density at radius 2 is 2.35 bits per heavy atom. The summed E-state index contributed by atoms with van der Waals surface area (Å²) in [5.41, 5.74) is 0.894. The van der Waals surface area contributed by atoms with Crippen LogP contribution < -0.4 is 5.32 Å². The van der Waals surface area contributed by atoms with E-state index in [0.717, 1.165) is 21.9 Å². The van der Waals surface area contributed by atoms with Gasteiger partial charge in [0.15, 0.2) is 5.13 Å². The quantitative estimate of drug-likeness (QED) is 0.913. The molecule has 94 valence electrons. The SMILES string of the molecule is COCn1cc(NCc2ccc(F)s2)cn1.Cl. The van der Waals surface area contributed by atoms with Crippen molar-refractivity contribution in [2.75, 3.05) is 12.4 Å². The summed E-state index contributed by atoms with van der Waals surface area (Å²) >= 11 is 1.14. The summed E-state index contributed by atoms with van der Waals surface area (Å²) in [4.78, 5) is 0.956. The molecule has 0 bridgehead atoms. The predicted molar refractivity (Wildman–Crippen MR) is 68.1 cm³/mol. The Labute approximate surface area is 109 Å². The number of hydrogen-bond donors (Lipinski definition) is 1. The van der Waals surface area contributed by atoms with Crippen LogP contribution in [-0.2, 0) is 18.0 Å². The molecule has 2 heterocycles. The molecule has 0 fully saturated rings. The molecule has 0 aliphatic rings. The van der Waals surface area contributed by atoms with Crippen molar-refractivity contribution >= 4 is 29.4 Å². The van der Waals surface area contributed by atoms with Crippen LogP contribution >= 0.6 is 23.7 Å². The molecule has 2 rings (SSSR count). The van der Waals surface area contributed by atoms with Crippen molar-refractivity contribution in [2.45, 2.75) is 13.3 Å². The molecule has 2 aromatic heterocycles. The summed E-state index contributed by atoms with van der Waals surface area (Å²) in [5, 5.41) is 7.08.